The molecular weight excluding hydrogens is 417 g/mol. The lowest BCUT2D eigenvalue weighted by atomic mass is 9.69. The number of benzene rings is 1. The van der Waals surface area contributed by atoms with Gasteiger partial charge in [0.05, 0.1) is 0 Å². The molecule has 2 aliphatic heterocycles. The monoisotopic (exact) mass is 443 g/mol. The minimum absolute atomic E-state index is 0. The average Bonchev–Trinajstić information content (AvgIpc) is 3.09. The van der Waals surface area contributed by atoms with Gasteiger partial charge in [-0.15, -0.1) is 24.0 Å². The van der Waals surface area contributed by atoms with Crippen LogP contribution < -0.4 is 20.1 Å². The van der Waals surface area contributed by atoms with Crippen LogP contribution in [0, 0.1) is 0 Å². The summed E-state index contributed by atoms with van der Waals surface area (Å²) in [6.07, 6.45) is 7.47. The number of ether oxygens (including phenoxy) is 2. The maximum atomic E-state index is 5.59. The first kappa shape index (κ1) is 17.6. The molecule has 0 atom stereocenters. The van der Waals surface area contributed by atoms with Crippen molar-refractivity contribution in [3.63, 3.8) is 0 Å². The van der Waals surface area contributed by atoms with Crippen LogP contribution in [0.1, 0.15) is 44.1 Å². The molecule has 5 nitrogen and oxygen atoms in total. The highest BCUT2D eigenvalue weighted by atomic mass is 127. The zero-order valence-electron chi connectivity index (χ0n) is 14.0. The van der Waals surface area contributed by atoms with Gasteiger partial charge < -0.3 is 20.1 Å². The van der Waals surface area contributed by atoms with Crippen LogP contribution in [-0.4, -0.2) is 32.4 Å². The zero-order valence-corrected chi connectivity index (χ0v) is 16.3. The third-order valence-electron chi connectivity index (χ3n) is 5.29. The number of fused-ring (bicyclic) bond motifs is 1. The van der Waals surface area contributed by atoms with Crippen molar-refractivity contribution in [2.75, 3.05) is 26.4 Å². The summed E-state index contributed by atoms with van der Waals surface area (Å²) in [5, 5.41) is 6.93. The Labute approximate surface area is 160 Å². The molecule has 3 aliphatic rings. The Morgan fingerprint density at radius 2 is 1.92 bits per heavy atom. The topological polar surface area (TPSA) is 54.9 Å². The summed E-state index contributed by atoms with van der Waals surface area (Å²) in [5.74, 6) is 2.72. The molecule has 132 valence electrons. The molecule has 2 N–H and O–H groups in total. The number of aliphatic imine (C=N–C) groups is 1. The molecule has 1 aliphatic carbocycles. The van der Waals surface area contributed by atoms with E-state index in [1.54, 1.807) is 0 Å². The molecule has 0 radical (unpaired) electrons. The quantitative estimate of drug-likeness (QED) is 0.705. The molecule has 0 saturated heterocycles. The maximum absolute atomic E-state index is 5.59. The number of halogens is 1. The Morgan fingerprint density at radius 1 is 1.08 bits per heavy atom. The average molecular weight is 443 g/mol. The van der Waals surface area contributed by atoms with Gasteiger partial charge in [-0.2, -0.15) is 0 Å². The van der Waals surface area contributed by atoms with Gasteiger partial charge in [0, 0.05) is 25.0 Å². The number of rotatable bonds is 3. The van der Waals surface area contributed by atoms with Crippen LogP contribution in [0.3, 0.4) is 0 Å². The van der Waals surface area contributed by atoms with Crippen LogP contribution in [0.25, 0.3) is 0 Å². The second-order valence-electron chi connectivity index (χ2n) is 6.77. The van der Waals surface area contributed by atoms with E-state index in [-0.39, 0.29) is 29.4 Å². The van der Waals surface area contributed by atoms with E-state index in [4.69, 9.17) is 9.47 Å². The molecule has 4 rings (SSSR count). The standard InChI is InChI=1S/C18H25N3O2.HI/c1-2-7-18(8-3-1,12-21-17-19-9-4-10-20-17)14-5-6-15-16(11-14)23-13-22-15;/h5-6,11H,1-4,7-10,12-13H2,(H2,19,20,21);1H. The van der Waals surface area contributed by atoms with Crippen LogP contribution in [0.15, 0.2) is 23.2 Å². The fraction of sp³-hybridized carbons (Fsp3) is 0.611. The van der Waals surface area contributed by atoms with E-state index >= 15 is 0 Å². The molecular formula is C18H26IN3O2. The minimum Gasteiger partial charge on any atom is -0.454 e. The van der Waals surface area contributed by atoms with Gasteiger partial charge in [0.2, 0.25) is 6.79 Å². The Bertz CT molecular complexity index is 600. The van der Waals surface area contributed by atoms with Crippen LogP contribution in [-0.2, 0) is 5.41 Å². The van der Waals surface area contributed by atoms with Crippen LogP contribution in [0.5, 0.6) is 11.5 Å². The van der Waals surface area contributed by atoms with E-state index in [0.29, 0.717) is 6.79 Å². The van der Waals surface area contributed by atoms with Crippen molar-refractivity contribution in [3.8, 4) is 11.5 Å². The van der Waals surface area contributed by atoms with Gasteiger partial charge in [-0.05, 0) is 37.0 Å². The predicted molar refractivity (Wildman–Crippen MR) is 106 cm³/mol. The van der Waals surface area contributed by atoms with Gasteiger partial charge >= 0.3 is 0 Å². The molecule has 0 spiro atoms. The molecule has 24 heavy (non-hydrogen) atoms. The van der Waals surface area contributed by atoms with E-state index < -0.39 is 0 Å². The zero-order chi connectivity index (χ0) is 15.5. The highest BCUT2D eigenvalue weighted by Gasteiger charge is 2.35. The number of nitrogens with zero attached hydrogens (tertiary/aromatic N) is 1. The van der Waals surface area contributed by atoms with Crippen molar-refractivity contribution < 1.29 is 9.47 Å². The molecule has 6 heteroatoms. The van der Waals surface area contributed by atoms with Crippen molar-refractivity contribution in [2.45, 2.75) is 43.9 Å². The molecule has 1 saturated carbocycles. The summed E-state index contributed by atoms with van der Waals surface area (Å²) >= 11 is 0. The molecule has 2 heterocycles. The van der Waals surface area contributed by atoms with E-state index in [1.165, 1.54) is 37.7 Å². The first-order chi connectivity index (χ1) is 11.4. The third kappa shape index (κ3) is 3.58. The summed E-state index contributed by atoms with van der Waals surface area (Å²) < 4.78 is 11.1. The van der Waals surface area contributed by atoms with Crippen molar-refractivity contribution in [3.05, 3.63) is 23.8 Å². The van der Waals surface area contributed by atoms with Gasteiger partial charge in [-0.1, -0.05) is 25.3 Å². The van der Waals surface area contributed by atoms with E-state index in [9.17, 15) is 0 Å². The number of nitrogens with one attached hydrogen (secondary N) is 2. The SMILES string of the molecule is I.c1cc2c(cc1C1(CNC3=NCCCN3)CCCCC1)OCO2. The maximum Gasteiger partial charge on any atom is 0.231 e. The number of hydrogen-bond acceptors (Lipinski definition) is 5. The second-order valence-corrected chi connectivity index (χ2v) is 6.77. The fourth-order valence-corrected chi connectivity index (χ4v) is 3.93. The smallest absolute Gasteiger partial charge is 0.231 e. The van der Waals surface area contributed by atoms with Gasteiger partial charge in [0.25, 0.3) is 0 Å². The van der Waals surface area contributed by atoms with E-state index in [1.807, 2.05) is 0 Å². The third-order valence-corrected chi connectivity index (χ3v) is 5.29. The molecule has 1 aromatic carbocycles. The van der Waals surface area contributed by atoms with Crippen molar-refractivity contribution in [1.82, 2.24) is 10.6 Å². The number of guanidine groups is 1. The minimum atomic E-state index is 0. The summed E-state index contributed by atoms with van der Waals surface area (Å²) in [6, 6.07) is 6.46. The summed E-state index contributed by atoms with van der Waals surface area (Å²) in [6.45, 7) is 3.21. The van der Waals surface area contributed by atoms with E-state index in [0.717, 1.165) is 43.5 Å². The largest absolute Gasteiger partial charge is 0.454 e. The lowest BCUT2D eigenvalue weighted by Gasteiger charge is -2.38. The Kier molecular flexibility index (Phi) is 5.73. The van der Waals surface area contributed by atoms with Crippen molar-refractivity contribution in [1.29, 1.82) is 0 Å². The molecule has 0 amide bonds. The molecule has 0 bridgehead atoms. The number of hydrogen-bond donors (Lipinski definition) is 2. The van der Waals surface area contributed by atoms with Gasteiger partial charge in [-0.25, -0.2) is 0 Å². The van der Waals surface area contributed by atoms with Gasteiger partial charge in [0.1, 0.15) is 0 Å². The van der Waals surface area contributed by atoms with Crippen molar-refractivity contribution >= 4 is 29.9 Å². The fourth-order valence-electron chi connectivity index (χ4n) is 3.93. The Hall–Kier alpha value is -1.18. The predicted octanol–water partition coefficient (Wildman–Crippen LogP) is 3.17. The summed E-state index contributed by atoms with van der Waals surface area (Å²) in [5.41, 5.74) is 1.53. The molecule has 0 aromatic heterocycles. The van der Waals surface area contributed by atoms with Crippen LogP contribution in [0.4, 0.5) is 0 Å². The lowest BCUT2D eigenvalue weighted by molar-refractivity contribution is 0.174. The highest BCUT2D eigenvalue weighted by molar-refractivity contribution is 14.0. The highest BCUT2D eigenvalue weighted by Crippen LogP contribution is 2.43. The Balaban J connectivity index is 0.00000169. The van der Waals surface area contributed by atoms with Crippen molar-refractivity contribution in [2.24, 2.45) is 4.99 Å². The molecule has 0 unspecified atom stereocenters. The van der Waals surface area contributed by atoms with Crippen LogP contribution >= 0.6 is 24.0 Å². The first-order valence-corrected chi connectivity index (χ1v) is 8.78. The second kappa shape index (κ2) is 7.80. The van der Waals surface area contributed by atoms with Crippen LogP contribution in [0.2, 0.25) is 0 Å². The summed E-state index contributed by atoms with van der Waals surface area (Å²) in [7, 11) is 0. The molecule has 1 aromatic rings. The normalized spacial score (nSPS) is 21.2. The van der Waals surface area contributed by atoms with Gasteiger partial charge in [-0.3, -0.25) is 4.99 Å². The Morgan fingerprint density at radius 3 is 2.71 bits per heavy atom. The molecule has 1 fully saturated rings. The first-order valence-electron chi connectivity index (χ1n) is 8.78. The van der Waals surface area contributed by atoms with Gasteiger partial charge in [0.15, 0.2) is 17.5 Å². The summed E-state index contributed by atoms with van der Waals surface area (Å²) in [4.78, 5) is 4.55. The van der Waals surface area contributed by atoms with E-state index in [2.05, 4.69) is 33.8 Å². The lowest BCUT2D eigenvalue weighted by Crippen LogP contribution is -2.48.